The van der Waals surface area contributed by atoms with Gasteiger partial charge in [0.2, 0.25) is 11.8 Å². The molecule has 0 aromatic heterocycles. The predicted molar refractivity (Wildman–Crippen MR) is 87.6 cm³/mol. The van der Waals surface area contributed by atoms with Crippen molar-refractivity contribution < 1.29 is 9.59 Å². The van der Waals surface area contributed by atoms with Crippen LogP contribution in [0.3, 0.4) is 0 Å². The van der Waals surface area contributed by atoms with E-state index < -0.39 is 0 Å². The minimum Gasteiger partial charge on any atom is -0.348 e. The molecule has 1 aliphatic carbocycles. The molecule has 2 amide bonds. The highest BCUT2D eigenvalue weighted by Crippen LogP contribution is 2.23. The van der Waals surface area contributed by atoms with E-state index in [1.165, 1.54) is 6.42 Å². The first-order valence-electron chi connectivity index (χ1n) is 7.89. The second-order valence-corrected chi connectivity index (χ2v) is 6.33. The second-order valence-electron chi connectivity index (χ2n) is 5.90. The summed E-state index contributed by atoms with van der Waals surface area (Å²) < 4.78 is 0. The Morgan fingerprint density at radius 3 is 2.68 bits per heavy atom. The van der Waals surface area contributed by atoms with Crippen LogP contribution >= 0.6 is 11.6 Å². The van der Waals surface area contributed by atoms with Gasteiger partial charge in [-0.15, -0.1) is 0 Å². The van der Waals surface area contributed by atoms with Gasteiger partial charge < -0.3 is 10.6 Å². The van der Waals surface area contributed by atoms with Gasteiger partial charge in [-0.3, -0.25) is 9.59 Å². The molecule has 0 spiro atoms. The molecule has 1 aromatic carbocycles. The zero-order valence-electron chi connectivity index (χ0n) is 12.9. The Balaban J connectivity index is 1.76. The van der Waals surface area contributed by atoms with Gasteiger partial charge in [0, 0.05) is 10.9 Å². The molecule has 22 heavy (non-hydrogen) atoms. The summed E-state index contributed by atoms with van der Waals surface area (Å²) in [4.78, 5) is 23.9. The van der Waals surface area contributed by atoms with Crippen LogP contribution in [0.25, 0.3) is 0 Å². The molecule has 0 unspecified atom stereocenters. The van der Waals surface area contributed by atoms with E-state index in [1.807, 2.05) is 25.1 Å². The molecule has 2 rings (SSSR count). The SMILES string of the molecule is C[C@@H](NC(=O)CNC(=O)C1CCCCC1)c1cccc(Cl)c1. The van der Waals surface area contributed by atoms with Gasteiger partial charge >= 0.3 is 0 Å². The molecule has 0 heterocycles. The zero-order valence-corrected chi connectivity index (χ0v) is 13.7. The molecule has 0 radical (unpaired) electrons. The lowest BCUT2D eigenvalue weighted by atomic mass is 9.89. The molecule has 4 nitrogen and oxygen atoms in total. The number of amides is 2. The average molecular weight is 323 g/mol. The fourth-order valence-corrected chi connectivity index (χ4v) is 3.03. The third kappa shape index (κ3) is 5.02. The first-order valence-corrected chi connectivity index (χ1v) is 8.26. The van der Waals surface area contributed by atoms with Crippen LogP contribution in [0.1, 0.15) is 50.6 Å². The van der Waals surface area contributed by atoms with Crippen LogP contribution in [0.2, 0.25) is 5.02 Å². The highest BCUT2D eigenvalue weighted by molar-refractivity contribution is 6.30. The Morgan fingerprint density at radius 1 is 1.27 bits per heavy atom. The van der Waals surface area contributed by atoms with Gasteiger partial charge in [0.05, 0.1) is 12.6 Å². The Kier molecular flexibility index (Phi) is 6.25. The van der Waals surface area contributed by atoms with E-state index in [4.69, 9.17) is 11.6 Å². The summed E-state index contributed by atoms with van der Waals surface area (Å²) in [5.74, 6) is -0.103. The van der Waals surface area contributed by atoms with Crippen molar-refractivity contribution in [3.63, 3.8) is 0 Å². The number of halogens is 1. The normalized spacial score (nSPS) is 16.8. The van der Waals surface area contributed by atoms with Gasteiger partial charge in [0.1, 0.15) is 0 Å². The Hall–Kier alpha value is -1.55. The van der Waals surface area contributed by atoms with Crippen LogP contribution in [-0.2, 0) is 9.59 Å². The maximum absolute atomic E-state index is 12.0. The van der Waals surface area contributed by atoms with Gasteiger partial charge in [0.15, 0.2) is 0 Å². The van der Waals surface area contributed by atoms with Crippen molar-refractivity contribution in [2.24, 2.45) is 5.92 Å². The van der Waals surface area contributed by atoms with E-state index in [0.29, 0.717) is 5.02 Å². The zero-order chi connectivity index (χ0) is 15.9. The molecule has 1 atom stereocenters. The lowest BCUT2D eigenvalue weighted by Gasteiger charge is -2.21. The molecular formula is C17H23ClN2O2. The first kappa shape index (κ1) is 16.8. The highest BCUT2D eigenvalue weighted by atomic mass is 35.5. The van der Waals surface area contributed by atoms with Crippen LogP contribution in [0, 0.1) is 5.92 Å². The smallest absolute Gasteiger partial charge is 0.239 e. The summed E-state index contributed by atoms with van der Waals surface area (Å²) in [6.07, 6.45) is 5.30. The van der Waals surface area contributed by atoms with Gasteiger partial charge in [-0.25, -0.2) is 0 Å². The predicted octanol–water partition coefficient (Wildman–Crippen LogP) is 3.21. The fraction of sp³-hybridized carbons (Fsp3) is 0.529. The topological polar surface area (TPSA) is 58.2 Å². The van der Waals surface area contributed by atoms with E-state index in [0.717, 1.165) is 31.2 Å². The highest BCUT2D eigenvalue weighted by Gasteiger charge is 2.21. The molecule has 120 valence electrons. The standard InChI is InChI=1S/C17H23ClN2O2/c1-12(14-8-5-9-15(18)10-14)20-16(21)11-19-17(22)13-6-3-2-4-7-13/h5,8-10,12-13H,2-4,6-7,11H2,1H3,(H,19,22)(H,20,21)/t12-/m1/s1. The number of carbonyl (C=O) groups is 2. The molecule has 1 aromatic rings. The van der Waals surface area contributed by atoms with Crippen molar-refractivity contribution in [1.82, 2.24) is 10.6 Å². The molecule has 1 aliphatic rings. The minimum atomic E-state index is -0.184. The molecule has 0 saturated heterocycles. The summed E-state index contributed by atoms with van der Waals surface area (Å²) in [6.45, 7) is 1.92. The number of rotatable bonds is 5. The van der Waals surface area contributed by atoms with Gasteiger partial charge in [0.25, 0.3) is 0 Å². The van der Waals surface area contributed by atoms with Crippen LogP contribution in [0.15, 0.2) is 24.3 Å². The monoisotopic (exact) mass is 322 g/mol. The average Bonchev–Trinajstić information content (AvgIpc) is 2.53. The van der Waals surface area contributed by atoms with E-state index in [-0.39, 0.29) is 30.3 Å². The molecule has 0 aliphatic heterocycles. The summed E-state index contributed by atoms with van der Waals surface area (Å²) in [5, 5.41) is 6.26. The Bertz CT molecular complexity index is 527. The van der Waals surface area contributed by atoms with Gasteiger partial charge in [-0.1, -0.05) is 43.0 Å². The van der Waals surface area contributed by atoms with Crippen LogP contribution in [0.5, 0.6) is 0 Å². The van der Waals surface area contributed by atoms with Crippen molar-refractivity contribution in [2.75, 3.05) is 6.54 Å². The third-order valence-electron chi connectivity index (χ3n) is 4.13. The molecule has 1 saturated carbocycles. The fourth-order valence-electron chi connectivity index (χ4n) is 2.83. The number of nitrogens with one attached hydrogen (secondary N) is 2. The summed E-state index contributed by atoms with van der Waals surface area (Å²) >= 11 is 5.94. The number of carbonyl (C=O) groups excluding carboxylic acids is 2. The van der Waals surface area contributed by atoms with Gasteiger partial charge in [-0.2, -0.15) is 0 Å². The van der Waals surface area contributed by atoms with E-state index >= 15 is 0 Å². The summed E-state index contributed by atoms with van der Waals surface area (Å²) in [7, 11) is 0. The Morgan fingerprint density at radius 2 is 2.00 bits per heavy atom. The minimum absolute atomic E-state index is 0.00487. The van der Waals surface area contributed by atoms with Crippen LogP contribution in [-0.4, -0.2) is 18.4 Å². The molecule has 1 fully saturated rings. The van der Waals surface area contributed by atoms with E-state index in [9.17, 15) is 9.59 Å². The molecule has 5 heteroatoms. The largest absolute Gasteiger partial charge is 0.348 e. The quantitative estimate of drug-likeness (QED) is 0.874. The van der Waals surface area contributed by atoms with Crippen LogP contribution < -0.4 is 10.6 Å². The lowest BCUT2D eigenvalue weighted by Crippen LogP contribution is -2.40. The molecular weight excluding hydrogens is 300 g/mol. The van der Waals surface area contributed by atoms with Crippen molar-refractivity contribution >= 4 is 23.4 Å². The lowest BCUT2D eigenvalue weighted by molar-refractivity contribution is -0.129. The third-order valence-corrected chi connectivity index (χ3v) is 4.36. The van der Waals surface area contributed by atoms with Crippen molar-refractivity contribution in [2.45, 2.75) is 45.1 Å². The van der Waals surface area contributed by atoms with Gasteiger partial charge in [-0.05, 0) is 37.5 Å². The molecule has 0 bridgehead atoms. The van der Waals surface area contributed by atoms with Crippen LogP contribution in [0.4, 0.5) is 0 Å². The van der Waals surface area contributed by atoms with Crippen molar-refractivity contribution in [1.29, 1.82) is 0 Å². The summed E-state index contributed by atoms with van der Waals surface area (Å²) in [6, 6.07) is 7.25. The number of hydrogen-bond donors (Lipinski definition) is 2. The maximum atomic E-state index is 12.0. The maximum Gasteiger partial charge on any atom is 0.239 e. The summed E-state index contributed by atoms with van der Waals surface area (Å²) in [5.41, 5.74) is 0.944. The first-order chi connectivity index (χ1) is 10.6. The number of benzene rings is 1. The van der Waals surface area contributed by atoms with Crippen molar-refractivity contribution in [3.05, 3.63) is 34.9 Å². The van der Waals surface area contributed by atoms with Crippen molar-refractivity contribution in [3.8, 4) is 0 Å². The van der Waals surface area contributed by atoms with E-state index in [2.05, 4.69) is 10.6 Å². The van der Waals surface area contributed by atoms with E-state index in [1.54, 1.807) is 6.07 Å². The number of hydrogen-bond acceptors (Lipinski definition) is 2. The molecule has 2 N–H and O–H groups in total. The second kappa shape index (κ2) is 8.18. The Labute approximate surface area is 136 Å².